The number of nitrogens with one attached hydrogen (secondary N) is 1. The van der Waals surface area contributed by atoms with E-state index in [1.807, 2.05) is 12.1 Å². The second kappa shape index (κ2) is 11.7. The van der Waals surface area contributed by atoms with Gasteiger partial charge in [0, 0.05) is 38.3 Å². The summed E-state index contributed by atoms with van der Waals surface area (Å²) in [6.45, 7) is 6.94. The molecule has 4 heteroatoms. The molecular weight excluding hydrogens is 430 g/mol. The van der Waals surface area contributed by atoms with Gasteiger partial charge in [-0.3, -0.25) is 14.6 Å². The normalized spacial score (nSPS) is 16.9. The standard InChI is InChI=1S/C31H37N3O/c35-31(29-14-12-25(13-15-29)22-33-17-5-1-2-6-18-33)32-21-26-8-7-9-27(20-26)23-34-19-16-28-10-3-4-11-30(28)24-34/h3-4,7-15,20H,1-2,5-6,16-19,21-24H2,(H,32,35). The van der Waals surface area contributed by atoms with Crippen molar-refractivity contribution in [3.8, 4) is 0 Å². The number of carbonyl (C=O) groups excluding carboxylic acids is 1. The largest absolute Gasteiger partial charge is 0.348 e. The van der Waals surface area contributed by atoms with Crippen LogP contribution in [0.25, 0.3) is 0 Å². The van der Waals surface area contributed by atoms with Crippen molar-refractivity contribution in [3.63, 3.8) is 0 Å². The van der Waals surface area contributed by atoms with E-state index < -0.39 is 0 Å². The first-order valence-electron chi connectivity index (χ1n) is 13.2. The van der Waals surface area contributed by atoms with Crippen LogP contribution in [0.2, 0.25) is 0 Å². The highest BCUT2D eigenvalue weighted by Gasteiger charge is 2.16. The van der Waals surface area contributed by atoms with Crippen molar-refractivity contribution in [3.05, 3.63) is 106 Å². The van der Waals surface area contributed by atoms with E-state index in [-0.39, 0.29) is 5.91 Å². The molecule has 5 rings (SSSR count). The van der Waals surface area contributed by atoms with Gasteiger partial charge >= 0.3 is 0 Å². The third kappa shape index (κ3) is 6.59. The predicted octanol–water partition coefficient (Wildman–Crippen LogP) is 5.55. The second-order valence-corrected chi connectivity index (χ2v) is 10.1. The molecule has 2 heterocycles. The molecule has 35 heavy (non-hydrogen) atoms. The fourth-order valence-corrected chi connectivity index (χ4v) is 5.38. The number of carbonyl (C=O) groups is 1. The van der Waals surface area contributed by atoms with Gasteiger partial charge in [0.15, 0.2) is 0 Å². The molecule has 182 valence electrons. The molecule has 0 atom stereocenters. The van der Waals surface area contributed by atoms with Crippen LogP contribution in [0.4, 0.5) is 0 Å². The summed E-state index contributed by atoms with van der Waals surface area (Å²) in [7, 11) is 0. The average molecular weight is 468 g/mol. The van der Waals surface area contributed by atoms with Crippen molar-refractivity contribution in [2.75, 3.05) is 19.6 Å². The van der Waals surface area contributed by atoms with Crippen molar-refractivity contribution in [1.82, 2.24) is 15.1 Å². The Hall–Kier alpha value is -2.95. The number of benzene rings is 3. The van der Waals surface area contributed by atoms with E-state index in [0.29, 0.717) is 6.54 Å². The van der Waals surface area contributed by atoms with Gasteiger partial charge in [-0.05, 0) is 72.3 Å². The van der Waals surface area contributed by atoms with E-state index in [1.165, 1.54) is 61.0 Å². The maximum absolute atomic E-state index is 12.8. The van der Waals surface area contributed by atoms with E-state index in [9.17, 15) is 4.79 Å². The molecule has 3 aromatic rings. The lowest BCUT2D eigenvalue weighted by molar-refractivity contribution is 0.0951. The maximum atomic E-state index is 12.8. The first-order chi connectivity index (χ1) is 17.2. The van der Waals surface area contributed by atoms with Crippen molar-refractivity contribution < 1.29 is 4.79 Å². The smallest absolute Gasteiger partial charge is 0.251 e. The minimum atomic E-state index is -0.00985. The molecule has 0 aliphatic carbocycles. The quantitative estimate of drug-likeness (QED) is 0.495. The van der Waals surface area contributed by atoms with E-state index in [0.717, 1.165) is 43.7 Å². The van der Waals surface area contributed by atoms with Gasteiger partial charge in [-0.1, -0.05) is 73.5 Å². The van der Waals surface area contributed by atoms with Gasteiger partial charge in [0.05, 0.1) is 0 Å². The van der Waals surface area contributed by atoms with Crippen molar-refractivity contribution in [2.45, 2.75) is 58.3 Å². The highest BCUT2D eigenvalue weighted by atomic mass is 16.1. The summed E-state index contributed by atoms with van der Waals surface area (Å²) in [5.41, 5.74) is 7.39. The van der Waals surface area contributed by atoms with Crippen LogP contribution in [0.3, 0.4) is 0 Å². The molecule has 1 amide bonds. The molecule has 2 aliphatic heterocycles. The van der Waals surface area contributed by atoms with Crippen LogP contribution >= 0.6 is 0 Å². The monoisotopic (exact) mass is 467 g/mol. The summed E-state index contributed by atoms with van der Waals surface area (Å²) in [4.78, 5) is 17.8. The minimum absolute atomic E-state index is 0.00985. The molecule has 0 radical (unpaired) electrons. The zero-order valence-corrected chi connectivity index (χ0v) is 20.7. The Morgan fingerprint density at radius 1 is 0.686 bits per heavy atom. The van der Waals surface area contributed by atoms with Crippen LogP contribution in [0, 0.1) is 0 Å². The van der Waals surface area contributed by atoms with E-state index in [2.05, 4.69) is 75.8 Å². The minimum Gasteiger partial charge on any atom is -0.348 e. The lowest BCUT2D eigenvalue weighted by atomic mass is 9.99. The topological polar surface area (TPSA) is 35.6 Å². The van der Waals surface area contributed by atoms with Gasteiger partial charge in [-0.25, -0.2) is 0 Å². The molecule has 0 bridgehead atoms. The Kier molecular flexibility index (Phi) is 7.92. The van der Waals surface area contributed by atoms with Crippen LogP contribution in [0.15, 0.2) is 72.8 Å². The van der Waals surface area contributed by atoms with Gasteiger partial charge < -0.3 is 5.32 Å². The predicted molar refractivity (Wildman–Crippen MR) is 142 cm³/mol. The lowest BCUT2D eigenvalue weighted by Gasteiger charge is -2.28. The molecular formula is C31H37N3O. The Balaban J connectivity index is 1.12. The molecule has 4 nitrogen and oxygen atoms in total. The summed E-state index contributed by atoms with van der Waals surface area (Å²) in [5, 5.41) is 3.11. The summed E-state index contributed by atoms with van der Waals surface area (Å²) in [5.74, 6) is -0.00985. The fraction of sp³-hybridized carbons (Fsp3) is 0.387. The van der Waals surface area contributed by atoms with Crippen LogP contribution in [-0.2, 0) is 32.6 Å². The molecule has 0 saturated carbocycles. The summed E-state index contributed by atoms with van der Waals surface area (Å²) >= 11 is 0. The van der Waals surface area contributed by atoms with Gasteiger partial charge in [0.25, 0.3) is 5.91 Å². The SMILES string of the molecule is O=C(NCc1cccc(CN2CCc3ccccc3C2)c1)c1ccc(CN2CCCCCC2)cc1. The number of nitrogens with zero attached hydrogens (tertiary/aromatic N) is 2. The van der Waals surface area contributed by atoms with Gasteiger partial charge in [0.2, 0.25) is 0 Å². The Morgan fingerprint density at radius 3 is 2.20 bits per heavy atom. The van der Waals surface area contributed by atoms with Gasteiger partial charge in [-0.2, -0.15) is 0 Å². The molecule has 0 aromatic heterocycles. The van der Waals surface area contributed by atoms with Gasteiger partial charge in [-0.15, -0.1) is 0 Å². The number of amides is 1. The third-order valence-corrected chi connectivity index (χ3v) is 7.38. The summed E-state index contributed by atoms with van der Waals surface area (Å²) in [6, 6.07) is 25.5. The molecule has 0 unspecified atom stereocenters. The number of rotatable bonds is 7. The molecule has 2 aliphatic rings. The zero-order valence-electron chi connectivity index (χ0n) is 20.7. The first-order valence-corrected chi connectivity index (χ1v) is 13.2. The Bertz CT molecular complexity index is 1120. The number of fused-ring (bicyclic) bond motifs is 1. The van der Waals surface area contributed by atoms with Gasteiger partial charge in [0.1, 0.15) is 0 Å². The first kappa shape index (κ1) is 23.8. The van der Waals surface area contributed by atoms with Crippen molar-refractivity contribution >= 4 is 5.91 Å². The van der Waals surface area contributed by atoms with Crippen LogP contribution in [-0.4, -0.2) is 35.3 Å². The highest BCUT2D eigenvalue weighted by molar-refractivity contribution is 5.94. The van der Waals surface area contributed by atoms with E-state index in [1.54, 1.807) is 0 Å². The molecule has 3 aromatic carbocycles. The van der Waals surface area contributed by atoms with E-state index in [4.69, 9.17) is 0 Å². The molecule has 1 fully saturated rings. The van der Waals surface area contributed by atoms with Crippen LogP contribution < -0.4 is 5.32 Å². The zero-order chi connectivity index (χ0) is 23.9. The van der Waals surface area contributed by atoms with Crippen molar-refractivity contribution in [1.29, 1.82) is 0 Å². The summed E-state index contributed by atoms with van der Waals surface area (Å²) in [6.07, 6.45) is 6.42. The average Bonchev–Trinajstić information content (AvgIpc) is 3.16. The fourth-order valence-electron chi connectivity index (χ4n) is 5.38. The summed E-state index contributed by atoms with van der Waals surface area (Å²) < 4.78 is 0. The van der Waals surface area contributed by atoms with Crippen LogP contribution in [0.5, 0.6) is 0 Å². The van der Waals surface area contributed by atoms with Crippen LogP contribution in [0.1, 0.15) is 63.9 Å². The maximum Gasteiger partial charge on any atom is 0.251 e. The number of hydrogen-bond donors (Lipinski definition) is 1. The molecule has 1 N–H and O–H groups in total. The highest BCUT2D eigenvalue weighted by Crippen LogP contribution is 2.20. The van der Waals surface area contributed by atoms with E-state index >= 15 is 0 Å². The lowest BCUT2D eigenvalue weighted by Crippen LogP contribution is -2.30. The molecule has 1 saturated heterocycles. The third-order valence-electron chi connectivity index (χ3n) is 7.38. The van der Waals surface area contributed by atoms with Crippen molar-refractivity contribution in [2.24, 2.45) is 0 Å². The Labute approximate surface area is 210 Å². The number of likely N-dealkylation sites (tertiary alicyclic amines) is 1. The second-order valence-electron chi connectivity index (χ2n) is 10.1. The number of hydrogen-bond acceptors (Lipinski definition) is 3. The Morgan fingerprint density at radius 2 is 1.40 bits per heavy atom. The molecule has 0 spiro atoms.